The first-order valence-electron chi connectivity index (χ1n) is 8.87. The van der Waals surface area contributed by atoms with Crippen LogP contribution in [0.5, 0.6) is 5.75 Å². The number of fused-ring (bicyclic) bond motifs is 2. The largest absolute Gasteiger partial charge is 0.507 e. The van der Waals surface area contributed by atoms with Crippen molar-refractivity contribution in [1.82, 2.24) is 24.7 Å². The van der Waals surface area contributed by atoms with Gasteiger partial charge in [-0.2, -0.15) is 5.10 Å². The number of aryl methyl sites for hydroxylation is 1. The molecule has 0 saturated carbocycles. The first-order chi connectivity index (χ1) is 14.1. The van der Waals surface area contributed by atoms with E-state index in [0.29, 0.717) is 27.6 Å². The summed E-state index contributed by atoms with van der Waals surface area (Å²) in [6.07, 6.45) is 6.54. The Morgan fingerprint density at radius 1 is 1.03 bits per heavy atom. The van der Waals surface area contributed by atoms with Gasteiger partial charge in [-0.1, -0.05) is 0 Å². The number of anilines is 2. The molecule has 2 N–H and O–H groups in total. The predicted octanol–water partition coefficient (Wildman–Crippen LogP) is 4.17. The zero-order valence-corrected chi connectivity index (χ0v) is 15.3. The Labute approximate surface area is 164 Å². The van der Waals surface area contributed by atoms with E-state index in [1.165, 1.54) is 6.33 Å². The van der Waals surface area contributed by atoms with Crippen LogP contribution in [0.25, 0.3) is 32.9 Å². The number of aromatic hydroxyl groups is 1. The van der Waals surface area contributed by atoms with Crippen LogP contribution in [0, 0.1) is 5.82 Å². The van der Waals surface area contributed by atoms with Crippen molar-refractivity contribution in [3.05, 3.63) is 67.1 Å². The molecule has 0 aliphatic heterocycles. The maximum Gasteiger partial charge on any atom is 0.156 e. The summed E-state index contributed by atoms with van der Waals surface area (Å²) in [5, 5.41) is 18.6. The van der Waals surface area contributed by atoms with Crippen LogP contribution in [0.1, 0.15) is 0 Å². The molecule has 8 heteroatoms. The minimum absolute atomic E-state index is 0.00711. The smallest absolute Gasteiger partial charge is 0.156 e. The lowest BCUT2D eigenvalue weighted by atomic mass is 10.1. The highest BCUT2D eigenvalue weighted by molar-refractivity contribution is 5.98. The molecule has 2 aromatic carbocycles. The van der Waals surface area contributed by atoms with Gasteiger partial charge in [-0.15, -0.1) is 0 Å². The van der Waals surface area contributed by atoms with Gasteiger partial charge in [0.25, 0.3) is 0 Å². The molecule has 0 aliphatic rings. The van der Waals surface area contributed by atoms with Gasteiger partial charge in [0.15, 0.2) is 5.82 Å². The van der Waals surface area contributed by atoms with Crippen molar-refractivity contribution >= 4 is 33.3 Å². The molecule has 142 valence electrons. The molecule has 0 radical (unpaired) electrons. The van der Waals surface area contributed by atoms with E-state index in [1.54, 1.807) is 47.4 Å². The normalized spacial score (nSPS) is 11.2. The summed E-state index contributed by atoms with van der Waals surface area (Å²) in [7, 11) is 1.82. The Kier molecular flexibility index (Phi) is 3.83. The molecule has 7 nitrogen and oxygen atoms in total. The van der Waals surface area contributed by atoms with Gasteiger partial charge in [0.05, 0.1) is 28.3 Å². The average Bonchev–Trinajstić information content (AvgIpc) is 3.16. The van der Waals surface area contributed by atoms with E-state index in [0.717, 1.165) is 11.1 Å². The quantitative estimate of drug-likeness (QED) is 0.484. The predicted molar refractivity (Wildman–Crippen MR) is 108 cm³/mol. The minimum Gasteiger partial charge on any atom is -0.507 e. The van der Waals surface area contributed by atoms with Gasteiger partial charge in [0, 0.05) is 30.4 Å². The fraction of sp³-hybridized carbons (Fsp3) is 0.0476. The third kappa shape index (κ3) is 2.91. The van der Waals surface area contributed by atoms with Gasteiger partial charge in [-0.3, -0.25) is 9.67 Å². The molecular formula is C21H15FN6O. The van der Waals surface area contributed by atoms with E-state index in [2.05, 4.69) is 25.4 Å². The zero-order chi connectivity index (χ0) is 20.0. The second-order valence-electron chi connectivity index (χ2n) is 6.64. The van der Waals surface area contributed by atoms with E-state index < -0.39 is 5.82 Å². The fourth-order valence-electron chi connectivity index (χ4n) is 3.34. The highest BCUT2D eigenvalue weighted by Gasteiger charge is 2.15. The van der Waals surface area contributed by atoms with Gasteiger partial charge >= 0.3 is 0 Å². The molecular weight excluding hydrogens is 371 g/mol. The van der Waals surface area contributed by atoms with Crippen molar-refractivity contribution in [3.8, 4) is 16.9 Å². The minimum atomic E-state index is -0.436. The number of nitrogens with one attached hydrogen (secondary N) is 1. The number of halogens is 1. The molecule has 3 aromatic heterocycles. The fourth-order valence-corrected chi connectivity index (χ4v) is 3.34. The van der Waals surface area contributed by atoms with Crippen LogP contribution in [0.4, 0.5) is 15.9 Å². The van der Waals surface area contributed by atoms with Crippen LogP contribution >= 0.6 is 0 Å². The molecule has 0 saturated heterocycles. The third-order valence-corrected chi connectivity index (χ3v) is 4.73. The molecule has 0 amide bonds. The number of phenols is 1. The maximum absolute atomic E-state index is 14.9. The number of nitrogens with zero attached hydrogens (tertiary/aromatic N) is 5. The van der Waals surface area contributed by atoms with Crippen molar-refractivity contribution in [2.45, 2.75) is 0 Å². The molecule has 0 spiro atoms. The topological polar surface area (TPSA) is 88.8 Å². The Balaban J connectivity index is 1.62. The summed E-state index contributed by atoms with van der Waals surface area (Å²) in [4.78, 5) is 12.6. The summed E-state index contributed by atoms with van der Waals surface area (Å²) < 4.78 is 16.6. The highest BCUT2D eigenvalue weighted by atomic mass is 19.1. The van der Waals surface area contributed by atoms with Gasteiger partial charge in [-0.05, 0) is 42.0 Å². The molecule has 0 aliphatic carbocycles. The van der Waals surface area contributed by atoms with Crippen LogP contribution in [0.3, 0.4) is 0 Å². The first kappa shape index (κ1) is 17.1. The van der Waals surface area contributed by atoms with Crippen molar-refractivity contribution in [2.24, 2.45) is 7.05 Å². The van der Waals surface area contributed by atoms with Crippen LogP contribution < -0.4 is 5.32 Å². The molecule has 0 atom stereocenters. The number of pyridine rings is 1. The second-order valence-corrected chi connectivity index (χ2v) is 6.64. The van der Waals surface area contributed by atoms with E-state index >= 15 is 0 Å². The van der Waals surface area contributed by atoms with Gasteiger partial charge < -0.3 is 10.4 Å². The molecule has 0 unspecified atom stereocenters. The van der Waals surface area contributed by atoms with Gasteiger partial charge in [0.2, 0.25) is 0 Å². The summed E-state index contributed by atoms with van der Waals surface area (Å²) in [6, 6.07) is 10.1. The zero-order valence-electron chi connectivity index (χ0n) is 15.3. The summed E-state index contributed by atoms with van der Waals surface area (Å²) in [5.74, 6) is -0.131. The second kappa shape index (κ2) is 6.52. The molecule has 0 bridgehead atoms. The molecule has 0 fully saturated rings. The number of phenolic OH excluding ortho intramolecular Hbond substituents is 1. The van der Waals surface area contributed by atoms with E-state index in [4.69, 9.17) is 0 Å². The molecule has 5 aromatic rings. The Bertz CT molecular complexity index is 1380. The van der Waals surface area contributed by atoms with Crippen LogP contribution in [0.15, 0.2) is 61.3 Å². The Hall–Kier alpha value is -4.07. The van der Waals surface area contributed by atoms with E-state index in [-0.39, 0.29) is 11.4 Å². The number of rotatable bonds is 3. The molecule has 3 heterocycles. The van der Waals surface area contributed by atoms with Crippen molar-refractivity contribution in [1.29, 1.82) is 0 Å². The monoisotopic (exact) mass is 386 g/mol. The van der Waals surface area contributed by atoms with Gasteiger partial charge in [0.1, 0.15) is 17.9 Å². The lowest BCUT2D eigenvalue weighted by Gasteiger charge is -2.12. The number of benzene rings is 2. The number of hydrogen-bond acceptors (Lipinski definition) is 6. The van der Waals surface area contributed by atoms with Crippen molar-refractivity contribution in [2.75, 3.05) is 5.32 Å². The Morgan fingerprint density at radius 2 is 1.93 bits per heavy atom. The molecule has 29 heavy (non-hydrogen) atoms. The summed E-state index contributed by atoms with van der Waals surface area (Å²) in [5.41, 5.74) is 2.96. The summed E-state index contributed by atoms with van der Waals surface area (Å²) >= 11 is 0. The SMILES string of the molecule is Cn1cc(-c2cc(O)c3c(Nc4ccc5ncccc5c4F)ncnc3c2)cn1. The van der Waals surface area contributed by atoms with Crippen molar-refractivity contribution in [3.63, 3.8) is 0 Å². The summed E-state index contributed by atoms with van der Waals surface area (Å²) in [6.45, 7) is 0. The maximum atomic E-state index is 14.9. The van der Waals surface area contributed by atoms with Crippen molar-refractivity contribution < 1.29 is 9.50 Å². The standard InChI is InChI=1S/C21H15FN6O/c1-28-10-13(9-26-28)12-7-17-19(18(29)8-12)21(25-11-24-17)27-16-5-4-15-14(20(16)22)3-2-6-23-15/h2-11,29H,1H3,(H,24,25,27). The van der Waals surface area contributed by atoms with Crippen LogP contribution in [-0.4, -0.2) is 29.8 Å². The lowest BCUT2D eigenvalue weighted by molar-refractivity contribution is 0.482. The third-order valence-electron chi connectivity index (χ3n) is 4.73. The number of aromatic nitrogens is 5. The van der Waals surface area contributed by atoms with Gasteiger partial charge in [-0.25, -0.2) is 14.4 Å². The Morgan fingerprint density at radius 3 is 2.76 bits per heavy atom. The lowest BCUT2D eigenvalue weighted by Crippen LogP contribution is -1.99. The van der Waals surface area contributed by atoms with E-state index in [1.807, 2.05) is 19.3 Å². The van der Waals surface area contributed by atoms with E-state index in [9.17, 15) is 9.50 Å². The average molecular weight is 386 g/mol. The highest BCUT2D eigenvalue weighted by Crippen LogP contribution is 2.36. The molecule has 5 rings (SSSR count). The van der Waals surface area contributed by atoms with Crippen LogP contribution in [-0.2, 0) is 7.05 Å². The van der Waals surface area contributed by atoms with Crippen LogP contribution in [0.2, 0.25) is 0 Å². The number of hydrogen-bond donors (Lipinski definition) is 2. The first-order valence-corrected chi connectivity index (χ1v) is 8.87.